The Bertz CT molecular complexity index is 1030. The minimum atomic E-state index is -0.721. The molecule has 2 heterocycles. The summed E-state index contributed by atoms with van der Waals surface area (Å²) in [6, 6.07) is 6.17. The Morgan fingerprint density at radius 3 is 2.54 bits per heavy atom. The van der Waals surface area contributed by atoms with Gasteiger partial charge in [0, 0.05) is 18.0 Å². The van der Waals surface area contributed by atoms with Gasteiger partial charge in [0.1, 0.15) is 11.3 Å². The van der Waals surface area contributed by atoms with Gasteiger partial charge in [-0.1, -0.05) is 6.08 Å². The zero-order chi connectivity index (χ0) is 18.7. The Morgan fingerprint density at radius 2 is 1.81 bits per heavy atom. The molecular formula is C19H15NO6. The Morgan fingerprint density at radius 1 is 1.04 bits per heavy atom. The smallest absolute Gasteiger partial charge is 0.355 e. The molecule has 1 aromatic heterocycles. The quantitative estimate of drug-likeness (QED) is 0.783. The van der Waals surface area contributed by atoms with Gasteiger partial charge in [-0.25, -0.2) is 9.59 Å². The highest BCUT2D eigenvalue weighted by Gasteiger charge is 2.27. The molecule has 26 heavy (non-hydrogen) atoms. The van der Waals surface area contributed by atoms with Crippen LogP contribution in [0.4, 0.5) is 5.69 Å². The summed E-state index contributed by atoms with van der Waals surface area (Å²) in [6.07, 6.45) is 7.62. The predicted molar refractivity (Wildman–Crippen MR) is 94.3 cm³/mol. The van der Waals surface area contributed by atoms with Crippen LogP contribution in [-0.4, -0.2) is 26.2 Å². The van der Waals surface area contributed by atoms with Crippen molar-refractivity contribution >= 4 is 28.6 Å². The van der Waals surface area contributed by atoms with Crippen molar-refractivity contribution in [1.82, 2.24) is 0 Å². The first-order valence-corrected chi connectivity index (χ1v) is 7.63. The molecule has 1 aliphatic rings. The summed E-state index contributed by atoms with van der Waals surface area (Å²) in [4.78, 5) is 38.1. The van der Waals surface area contributed by atoms with Crippen molar-refractivity contribution in [3.05, 3.63) is 76.5 Å². The van der Waals surface area contributed by atoms with E-state index in [2.05, 4.69) is 0 Å². The highest BCUT2D eigenvalue weighted by Crippen LogP contribution is 2.28. The topological polar surface area (TPSA) is 86.1 Å². The van der Waals surface area contributed by atoms with Gasteiger partial charge in [0.15, 0.2) is 5.43 Å². The first-order chi connectivity index (χ1) is 12.6. The molecule has 0 atom stereocenters. The van der Waals surface area contributed by atoms with Crippen molar-refractivity contribution in [2.45, 2.75) is 0 Å². The molecule has 1 aliphatic heterocycles. The fourth-order valence-corrected chi connectivity index (χ4v) is 2.59. The normalized spacial score (nSPS) is 13.7. The third-order valence-electron chi connectivity index (χ3n) is 3.81. The van der Waals surface area contributed by atoms with E-state index in [1.807, 2.05) is 0 Å². The van der Waals surface area contributed by atoms with E-state index in [0.29, 0.717) is 16.7 Å². The van der Waals surface area contributed by atoms with Crippen LogP contribution in [0.3, 0.4) is 0 Å². The van der Waals surface area contributed by atoms with Crippen molar-refractivity contribution in [3.63, 3.8) is 0 Å². The fourth-order valence-electron chi connectivity index (χ4n) is 2.59. The fraction of sp³-hybridized carbons (Fsp3) is 0.105. The molecule has 7 heteroatoms. The number of esters is 2. The first kappa shape index (κ1) is 17.2. The molecule has 0 radical (unpaired) electrons. The van der Waals surface area contributed by atoms with Gasteiger partial charge in [0.2, 0.25) is 0 Å². The number of nitrogens with zero attached hydrogens (tertiary/aromatic N) is 1. The molecule has 0 bridgehead atoms. The molecule has 7 nitrogen and oxygen atoms in total. The van der Waals surface area contributed by atoms with Crippen molar-refractivity contribution in [3.8, 4) is 0 Å². The van der Waals surface area contributed by atoms with Crippen molar-refractivity contribution in [2.75, 3.05) is 19.1 Å². The first-order valence-electron chi connectivity index (χ1n) is 7.63. The van der Waals surface area contributed by atoms with Gasteiger partial charge in [-0.05, 0) is 30.4 Å². The SMILES string of the molecule is COC(=O)C1=C(C(=O)OC)N(c2ccc3occc(=O)c3c2)C=CC=C1. The zero-order valence-corrected chi connectivity index (χ0v) is 14.1. The van der Waals surface area contributed by atoms with Gasteiger partial charge in [-0.2, -0.15) is 0 Å². The van der Waals surface area contributed by atoms with Crippen molar-refractivity contribution in [1.29, 1.82) is 0 Å². The van der Waals surface area contributed by atoms with E-state index < -0.39 is 11.9 Å². The van der Waals surface area contributed by atoms with E-state index >= 15 is 0 Å². The third kappa shape index (κ3) is 3.02. The molecule has 0 amide bonds. The highest BCUT2D eigenvalue weighted by atomic mass is 16.5. The Kier molecular flexibility index (Phi) is 4.70. The van der Waals surface area contributed by atoms with Gasteiger partial charge in [-0.15, -0.1) is 0 Å². The molecular weight excluding hydrogens is 338 g/mol. The summed E-state index contributed by atoms with van der Waals surface area (Å²) in [6.45, 7) is 0. The lowest BCUT2D eigenvalue weighted by Crippen LogP contribution is -2.27. The largest absolute Gasteiger partial charge is 0.465 e. The lowest BCUT2D eigenvalue weighted by Gasteiger charge is -2.23. The minimum absolute atomic E-state index is 0.0241. The molecule has 0 fully saturated rings. The second-order valence-corrected chi connectivity index (χ2v) is 5.28. The number of carbonyl (C=O) groups excluding carboxylic acids is 2. The maximum Gasteiger partial charge on any atom is 0.355 e. The number of rotatable bonds is 3. The van der Waals surface area contributed by atoms with Crippen LogP contribution in [0.2, 0.25) is 0 Å². The summed E-state index contributed by atoms with van der Waals surface area (Å²) >= 11 is 0. The number of allylic oxidation sites excluding steroid dienone is 2. The number of benzene rings is 1. The van der Waals surface area contributed by atoms with E-state index in [0.717, 1.165) is 0 Å². The summed E-state index contributed by atoms with van der Waals surface area (Å²) in [5.41, 5.74) is 0.683. The molecule has 132 valence electrons. The molecule has 0 N–H and O–H groups in total. The molecule has 3 rings (SSSR count). The Hall–Kier alpha value is -3.61. The summed E-state index contributed by atoms with van der Waals surface area (Å²) in [7, 11) is 2.44. The second-order valence-electron chi connectivity index (χ2n) is 5.28. The predicted octanol–water partition coefficient (Wildman–Crippen LogP) is 2.28. The average Bonchev–Trinajstić information content (AvgIpc) is 2.90. The van der Waals surface area contributed by atoms with Crippen molar-refractivity contribution in [2.24, 2.45) is 0 Å². The number of hydrogen-bond donors (Lipinski definition) is 0. The average molecular weight is 353 g/mol. The van der Waals surface area contributed by atoms with Crippen molar-refractivity contribution < 1.29 is 23.5 Å². The van der Waals surface area contributed by atoms with E-state index in [4.69, 9.17) is 13.9 Å². The summed E-state index contributed by atoms with van der Waals surface area (Å²) < 4.78 is 14.9. The molecule has 0 aliphatic carbocycles. The van der Waals surface area contributed by atoms with Crippen LogP contribution in [0.1, 0.15) is 0 Å². The van der Waals surface area contributed by atoms with Gasteiger partial charge < -0.3 is 18.8 Å². The van der Waals surface area contributed by atoms with Gasteiger partial charge >= 0.3 is 11.9 Å². The van der Waals surface area contributed by atoms with Gasteiger partial charge in [0.25, 0.3) is 0 Å². The van der Waals surface area contributed by atoms with E-state index in [1.165, 1.54) is 37.5 Å². The summed E-state index contributed by atoms with van der Waals surface area (Å²) in [5, 5.41) is 0.347. The molecule has 0 spiro atoms. The molecule has 0 saturated heterocycles. The lowest BCUT2D eigenvalue weighted by molar-refractivity contribution is -0.139. The Balaban J connectivity index is 2.24. The lowest BCUT2D eigenvalue weighted by atomic mass is 10.1. The highest BCUT2D eigenvalue weighted by molar-refractivity contribution is 6.05. The number of fused-ring (bicyclic) bond motifs is 1. The second kappa shape index (κ2) is 7.10. The standard InChI is InChI=1S/C19H15NO6/c1-24-18(22)13-5-3-4-9-20(17(13)19(23)25-2)12-6-7-16-14(11-12)15(21)8-10-26-16/h3-11H,1-2H3. The minimum Gasteiger partial charge on any atom is -0.465 e. The van der Waals surface area contributed by atoms with E-state index in [-0.39, 0.29) is 16.7 Å². The number of hydrogen-bond acceptors (Lipinski definition) is 7. The molecule has 1 aromatic carbocycles. The van der Waals surface area contributed by atoms with Crippen LogP contribution in [0.15, 0.2) is 75.4 Å². The maximum atomic E-state index is 12.4. The zero-order valence-electron chi connectivity index (χ0n) is 14.1. The van der Waals surface area contributed by atoms with Crippen LogP contribution in [0, 0.1) is 0 Å². The number of anilines is 1. The van der Waals surface area contributed by atoms with Crippen LogP contribution < -0.4 is 10.3 Å². The summed E-state index contributed by atoms with van der Waals surface area (Å²) in [5.74, 6) is -1.41. The molecule has 2 aromatic rings. The number of ether oxygens (including phenoxy) is 2. The van der Waals surface area contributed by atoms with Crippen LogP contribution in [-0.2, 0) is 19.1 Å². The monoisotopic (exact) mass is 353 g/mol. The van der Waals surface area contributed by atoms with Crippen LogP contribution in [0.5, 0.6) is 0 Å². The maximum absolute atomic E-state index is 12.4. The molecule has 0 unspecified atom stereocenters. The van der Waals surface area contributed by atoms with E-state index in [9.17, 15) is 14.4 Å². The van der Waals surface area contributed by atoms with E-state index in [1.54, 1.807) is 36.6 Å². The van der Waals surface area contributed by atoms with Gasteiger partial charge in [0.05, 0.1) is 31.4 Å². The number of methoxy groups -OCH3 is 2. The third-order valence-corrected chi connectivity index (χ3v) is 3.81. The number of carbonyl (C=O) groups is 2. The molecule has 0 saturated carbocycles. The van der Waals surface area contributed by atoms with Gasteiger partial charge in [-0.3, -0.25) is 4.79 Å². The van der Waals surface area contributed by atoms with Crippen LogP contribution in [0.25, 0.3) is 11.0 Å². The van der Waals surface area contributed by atoms with Crippen LogP contribution >= 0.6 is 0 Å². The Labute approximate surface area is 148 Å².